The molecule has 1 aromatic carbocycles. The Morgan fingerprint density at radius 3 is 2.82 bits per heavy atom. The van der Waals surface area contributed by atoms with Gasteiger partial charge in [-0.25, -0.2) is 0 Å². The topological polar surface area (TPSA) is 49.3 Å². The van der Waals surface area contributed by atoms with Gasteiger partial charge in [-0.1, -0.05) is 0 Å². The van der Waals surface area contributed by atoms with Crippen LogP contribution in [0.25, 0.3) is 10.9 Å². The molecule has 2 N–H and O–H groups in total. The summed E-state index contributed by atoms with van der Waals surface area (Å²) in [4.78, 5) is 14.6. The van der Waals surface area contributed by atoms with Crippen LogP contribution in [-0.2, 0) is 11.8 Å². The fourth-order valence-corrected chi connectivity index (χ4v) is 3.16. The number of piperazine rings is 1. The lowest BCUT2D eigenvalue weighted by atomic mass is 10.1. The molecule has 1 saturated heterocycles. The molecule has 2 heterocycles. The van der Waals surface area contributed by atoms with Crippen molar-refractivity contribution < 1.29 is 4.79 Å². The Hall–Kier alpha value is -1.85. The summed E-state index contributed by atoms with van der Waals surface area (Å²) >= 11 is 0. The zero-order chi connectivity index (χ0) is 15.9. The average Bonchev–Trinajstić information content (AvgIpc) is 2.72. The summed E-state index contributed by atoms with van der Waals surface area (Å²) in [7, 11) is 4.07. The van der Waals surface area contributed by atoms with E-state index in [1.807, 2.05) is 13.1 Å². The fourth-order valence-electron chi connectivity index (χ4n) is 3.16. The number of likely N-dealkylation sites (N-methyl/N-ethyl adjacent to an activating group) is 1. The number of anilines is 1. The summed E-state index contributed by atoms with van der Waals surface area (Å²) in [5.74, 6) is 0.0550. The first kappa shape index (κ1) is 15.1. The van der Waals surface area contributed by atoms with Crippen LogP contribution in [0, 0.1) is 13.8 Å². The number of benzene rings is 1. The summed E-state index contributed by atoms with van der Waals surface area (Å²) in [5, 5.41) is 7.54. The van der Waals surface area contributed by atoms with Gasteiger partial charge in [-0.2, -0.15) is 0 Å². The molecule has 2 aromatic rings. The lowest BCUT2D eigenvalue weighted by molar-refractivity contribution is -0.121. The number of hydrogen-bond donors (Lipinski definition) is 2. The van der Waals surface area contributed by atoms with E-state index >= 15 is 0 Å². The number of hydrogen-bond acceptors (Lipinski definition) is 3. The van der Waals surface area contributed by atoms with E-state index in [4.69, 9.17) is 0 Å². The number of nitrogens with one attached hydrogen (secondary N) is 2. The Kier molecular flexibility index (Phi) is 3.93. The average molecular weight is 300 g/mol. The molecule has 0 saturated carbocycles. The summed E-state index contributed by atoms with van der Waals surface area (Å²) in [5.41, 5.74) is 4.59. The molecule has 1 aromatic heterocycles. The fraction of sp³-hybridized carbons (Fsp3) is 0.471. The SMILES string of the molecule is Cc1c(C)n(C)c2ccc(NC(=O)[C@H]3CNCCN3C)cc12. The van der Waals surface area contributed by atoms with Gasteiger partial charge in [0.1, 0.15) is 6.04 Å². The van der Waals surface area contributed by atoms with E-state index in [0.29, 0.717) is 6.54 Å². The summed E-state index contributed by atoms with van der Waals surface area (Å²) in [6, 6.07) is 6.03. The quantitative estimate of drug-likeness (QED) is 0.886. The number of rotatable bonds is 2. The zero-order valence-corrected chi connectivity index (χ0v) is 13.7. The van der Waals surface area contributed by atoms with Crippen LogP contribution in [0.2, 0.25) is 0 Å². The molecule has 1 amide bonds. The van der Waals surface area contributed by atoms with E-state index in [0.717, 1.165) is 18.8 Å². The number of nitrogens with zero attached hydrogens (tertiary/aromatic N) is 2. The van der Waals surface area contributed by atoms with Crippen LogP contribution in [0.4, 0.5) is 5.69 Å². The smallest absolute Gasteiger partial charge is 0.243 e. The first-order valence-corrected chi connectivity index (χ1v) is 7.76. The number of carbonyl (C=O) groups is 1. The van der Waals surface area contributed by atoms with E-state index in [1.54, 1.807) is 0 Å². The van der Waals surface area contributed by atoms with Gasteiger partial charge in [0.15, 0.2) is 0 Å². The molecule has 0 bridgehead atoms. The number of fused-ring (bicyclic) bond motifs is 1. The minimum atomic E-state index is -0.108. The highest BCUT2D eigenvalue weighted by molar-refractivity contribution is 5.98. The predicted octanol–water partition coefficient (Wildman–Crippen LogP) is 1.64. The van der Waals surface area contributed by atoms with Crippen molar-refractivity contribution in [2.45, 2.75) is 19.9 Å². The zero-order valence-electron chi connectivity index (χ0n) is 13.7. The van der Waals surface area contributed by atoms with Gasteiger partial charge in [0, 0.05) is 49.0 Å². The molecular weight excluding hydrogens is 276 g/mol. The maximum Gasteiger partial charge on any atom is 0.243 e. The maximum absolute atomic E-state index is 12.5. The van der Waals surface area contributed by atoms with Gasteiger partial charge >= 0.3 is 0 Å². The molecule has 22 heavy (non-hydrogen) atoms. The Morgan fingerprint density at radius 1 is 1.32 bits per heavy atom. The molecule has 0 radical (unpaired) electrons. The standard InChI is InChI=1S/C17H24N4O/c1-11-12(2)21(4)15-6-5-13(9-14(11)15)19-17(22)16-10-18-7-8-20(16)3/h5-6,9,16,18H,7-8,10H2,1-4H3,(H,19,22)/t16-/m1/s1. The van der Waals surface area contributed by atoms with Crippen molar-refractivity contribution in [1.82, 2.24) is 14.8 Å². The van der Waals surface area contributed by atoms with Crippen LogP contribution < -0.4 is 10.6 Å². The van der Waals surface area contributed by atoms with Crippen molar-refractivity contribution >= 4 is 22.5 Å². The number of carbonyl (C=O) groups excluding carboxylic acids is 1. The second-order valence-corrected chi connectivity index (χ2v) is 6.19. The lowest BCUT2D eigenvalue weighted by Crippen LogP contribution is -2.54. The highest BCUT2D eigenvalue weighted by Crippen LogP contribution is 2.27. The Balaban J connectivity index is 1.85. The summed E-state index contributed by atoms with van der Waals surface area (Å²) < 4.78 is 2.19. The molecule has 3 rings (SSSR count). The van der Waals surface area contributed by atoms with Gasteiger partial charge in [0.25, 0.3) is 0 Å². The molecule has 1 aliphatic heterocycles. The van der Waals surface area contributed by atoms with Crippen molar-refractivity contribution in [3.8, 4) is 0 Å². The normalized spacial score (nSPS) is 19.5. The maximum atomic E-state index is 12.5. The minimum absolute atomic E-state index is 0.0550. The predicted molar refractivity (Wildman–Crippen MR) is 90.3 cm³/mol. The molecule has 5 nitrogen and oxygen atoms in total. The Labute approximate surface area is 131 Å². The lowest BCUT2D eigenvalue weighted by Gasteiger charge is -2.31. The van der Waals surface area contributed by atoms with Gasteiger partial charge in [-0.15, -0.1) is 0 Å². The van der Waals surface area contributed by atoms with Crippen molar-refractivity contribution in [2.75, 3.05) is 32.0 Å². The van der Waals surface area contributed by atoms with Gasteiger partial charge in [-0.3, -0.25) is 9.69 Å². The highest BCUT2D eigenvalue weighted by atomic mass is 16.2. The Bertz CT molecular complexity index is 719. The summed E-state index contributed by atoms with van der Waals surface area (Å²) in [6.45, 7) is 6.79. The molecule has 118 valence electrons. The molecule has 0 aliphatic carbocycles. The largest absolute Gasteiger partial charge is 0.348 e. The van der Waals surface area contributed by atoms with Crippen LogP contribution in [-0.4, -0.2) is 48.1 Å². The number of amides is 1. The van der Waals surface area contributed by atoms with Gasteiger partial charge in [0.2, 0.25) is 5.91 Å². The van der Waals surface area contributed by atoms with Gasteiger partial charge in [0.05, 0.1) is 0 Å². The van der Waals surface area contributed by atoms with E-state index in [-0.39, 0.29) is 11.9 Å². The molecule has 5 heteroatoms. The van der Waals surface area contributed by atoms with E-state index in [2.05, 4.69) is 53.1 Å². The van der Waals surface area contributed by atoms with Crippen molar-refractivity contribution in [3.05, 3.63) is 29.5 Å². The summed E-state index contributed by atoms with van der Waals surface area (Å²) in [6.07, 6.45) is 0. The van der Waals surface area contributed by atoms with E-state index < -0.39 is 0 Å². The van der Waals surface area contributed by atoms with E-state index in [1.165, 1.54) is 22.2 Å². The van der Waals surface area contributed by atoms with Crippen LogP contribution in [0.1, 0.15) is 11.3 Å². The van der Waals surface area contributed by atoms with Crippen LogP contribution in [0.3, 0.4) is 0 Å². The van der Waals surface area contributed by atoms with Crippen LogP contribution >= 0.6 is 0 Å². The third-order valence-electron chi connectivity index (χ3n) is 4.89. The third-order valence-corrected chi connectivity index (χ3v) is 4.89. The van der Waals surface area contributed by atoms with Crippen molar-refractivity contribution in [3.63, 3.8) is 0 Å². The van der Waals surface area contributed by atoms with Crippen LogP contribution in [0.15, 0.2) is 18.2 Å². The molecule has 1 fully saturated rings. The first-order chi connectivity index (χ1) is 10.5. The molecule has 0 spiro atoms. The van der Waals surface area contributed by atoms with Crippen LogP contribution in [0.5, 0.6) is 0 Å². The highest BCUT2D eigenvalue weighted by Gasteiger charge is 2.25. The Morgan fingerprint density at radius 2 is 2.09 bits per heavy atom. The van der Waals surface area contributed by atoms with E-state index in [9.17, 15) is 4.79 Å². The third kappa shape index (κ3) is 2.51. The molecule has 1 aliphatic rings. The minimum Gasteiger partial charge on any atom is -0.348 e. The second kappa shape index (κ2) is 5.74. The number of aryl methyl sites for hydroxylation is 2. The monoisotopic (exact) mass is 300 g/mol. The van der Waals surface area contributed by atoms with Gasteiger partial charge in [-0.05, 0) is 44.7 Å². The number of aromatic nitrogens is 1. The van der Waals surface area contributed by atoms with Crippen molar-refractivity contribution in [1.29, 1.82) is 0 Å². The first-order valence-electron chi connectivity index (χ1n) is 7.76. The second-order valence-electron chi connectivity index (χ2n) is 6.19. The molecule has 1 atom stereocenters. The molecule has 0 unspecified atom stereocenters. The van der Waals surface area contributed by atoms with Gasteiger partial charge < -0.3 is 15.2 Å². The van der Waals surface area contributed by atoms with Crippen molar-refractivity contribution in [2.24, 2.45) is 7.05 Å². The molecular formula is C17H24N4O.